The normalized spacial score (nSPS) is 11.2. The maximum atomic E-state index is 11.8. The number of anilines is 1. The molecule has 0 atom stereocenters. The number of amides is 1. The summed E-state index contributed by atoms with van der Waals surface area (Å²) in [6, 6.07) is 4.80. The Morgan fingerprint density at radius 2 is 2.00 bits per heavy atom. The topological polar surface area (TPSA) is 75.6 Å². The summed E-state index contributed by atoms with van der Waals surface area (Å²) in [4.78, 5) is 22.8. The van der Waals surface area contributed by atoms with Crippen LogP contribution in [-0.4, -0.2) is 29.7 Å². The number of benzene rings is 1. The molecule has 0 fully saturated rings. The quantitative estimate of drug-likeness (QED) is 0.857. The highest BCUT2D eigenvalue weighted by Gasteiger charge is 2.21. The van der Waals surface area contributed by atoms with Crippen LogP contribution < -0.4 is 5.32 Å². The molecule has 0 aliphatic carbocycles. The van der Waals surface area contributed by atoms with Gasteiger partial charge in [-0.1, -0.05) is 6.07 Å². The molecule has 0 aliphatic rings. The van der Waals surface area contributed by atoms with Gasteiger partial charge in [-0.25, -0.2) is 4.79 Å². The van der Waals surface area contributed by atoms with Gasteiger partial charge in [-0.3, -0.25) is 4.79 Å². The van der Waals surface area contributed by atoms with E-state index in [1.165, 1.54) is 6.07 Å². The number of nitrogens with one attached hydrogen (secondary N) is 1. The summed E-state index contributed by atoms with van der Waals surface area (Å²) in [6.07, 6.45) is 0.194. The molecular weight excluding hydrogens is 246 g/mol. The van der Waals surface area contributed by atoms with Crippen molar-refractivity contribution in [3.05, 3.63) is 29.3 Å². The fourth-order valence-corrected chi connectivity index (χ4v) is 1.59. The molecule has 1 aromatic carbocycles. The van der Waals surface area contributed by atoms with E-state index in [-0.39, 0.29) is 17.9 Å². The molecule has 0 heterocycles. The average molecular weight is 265 g/mol. The van der Waals surface area contributed by atoms with Crippen LogP contribution in [0.4, 0.5) is 5.69 Å². The molecule has 5 heteroatoms. The zero-order chi connectivity index (χ0) is 14.6. The lowest BCUT2D eigenvalue weighted by atomic mass is 10.0. The fourth-order valence-electron chi connectivity index (χ4n) is 1.59. The Morgan fingerprint density at radius 3 is 2.53 bits per heavy atom. The number of carboxylic acids is 1. The molecule has 0 aliphatic heterocycles. The number of rotatable bonds is 5. The van der Waals surface area contributed by atoms with Gasteiger partial charge in [0.15, 0.2) is 0 Å². The number of carbonyl (C=O) groups is 2. The van der Waals surface area contributed by atoms with Crippen LogP contribution in [0.5, 0.6) is 0 Å². The molecular formula is C14H19NO4. The summed E-state index contributed by atoms with van der Waals surface area (Å²) >= 11 is 0. The van der Waals surface area contributed by atoms with E-state index in [1.807, 2.05) is 13.8 Å². The van der Waals surface area contributed by atoms with Gasteiger partial charge < -0.3 is 15.2 Å². The molecule has 1 aromatic rings. The van der Waals surface area contributed by atoms with Gasteiger partial charge in [0.2, 0.25) is 5.91 Å². The van der Waals surface area contributed by atoms with E-state index < -0.39 is 11.6 Å². The number of carbonyl (C=O) groups excluding carboxylic acids is 1. The van der Waals surface area contributed by atoms with Gasteiger partial charge >= 0.3 is 5.97 Å². The highest BCUT2D eigenvalue weighted by atomic mass is 16.5. The van der Waals surface area contributed by atoms with Crippen LogP contribution in [0.3, 0.4) is 0 Å². The number of hydrogen-bond donors (Lipinski definition) is 2. The number of carboxylic acid groups (broad SMARTS) is 1. The predicted octanol–water partition coefficient (Wildman–Crippen LogP) is 2.45. The molecule has 0 bridgehead atoms. The van der Waals surface area contributed by atoms with Gasteiger partial charge in [0, 0.05) is 12.8 Å². The summed E-state index contributed by atoms with van der Waals surface area (Å²) in [5.41, 5.74) is 0.760. The van der Waals surface area contributed by atoms with Crippen molar-refractivity contribution >= 4 is 17.6 Å². The number of aryl methyl sites for hydroxylation is 1. The standard InChI is InChI=1S/C14H19NO4/c1-9-5-6-10(7-11(9)13(17)18)15-12(16)8-14(2,3)19-4/h5-7H,8H2,1-4H3,(H,15,16)(H,17,18). The molecule has 19 heavy (non-hydrogen) atoms. The Morgan fingerprint density at radius 1 is 1.37 bits per heavy atom. The summed E-state index contributed by atoms with van der Waals surface area (Å²) in [6.45, 7) is 5.33. The second kappa shape index (κ2) is 5.84. The van der Waals surface area contributed by atoms with E-state index in [1.54, 1.807) is 26.2 Å². The van der Waals surface area contributed by atoms with Gasteiger partial charge in [-0.15, -0.1) is 0 Å². The molecule has 2 N–H and O–H groups in total. The number of ether oxygens (including phenoxy) is 1. The number of hydrogen-bond acceptors (Lipinski definition) is 3. The first kappa shape index (κ1) is 15.2. The molecule has 1 rings (SSSR count). The molecule has 0 aromatic heterocycles. The highest BCUT2D eigenvalue weighted by molar-refractivity contribution is 5.95. The van der Waals surface area contributed by atoms with Gasteiger partial charge in [0.1, 0.15) is 0 Å². The van der Waals surface area contributed by atoms with Crippen molar-refractivity contribution < 1.29 is 19.4 Å². The molecule has 0 radical (unpaired) electrons. The Bertz CT molecular complexity index is 494. The Hall–Kier alpha value is -1.88. The third kappa shape index (κ3) is 4.37. The zero-order valence-corrected chi connectivity index (χ0v) is 11.6. The van der Waals surface area contributed by atoms with Crippen LogP contribution in [0.2, 0.25) is 0 Å². The first-order valence-corrected chi connectivity index (χ1v) is 5.94. The summed E-state index contributed by atoms with van der Waals surface area (Å²) in [7, 11) is 1.54. The van der Waals surface area contributed by atoms with Gasteiger partial charge in [0.05, 0.1) is 17.6 Å². The molecule has 104 valence electrons. The van der Waals surface area contributed by atoms with Crippen molar-refractivity contribution in [3.63, 3.8) is 0 Å². The summed E-state index contributed by atoms with van der Waals surface area (Å²) in [5.74, 6) is -1.22. The molecule has 5 nitrogen and oxygen atoms in total. The van der Waals surface area contributed by atoms with Gasteiger partial charge in [0.25, 0.3) is 0 Å². The first-order chi connectivity index (χ1) is 8.75. The number of methoxy groups -OCH3 is 1. The second-order valence-corrected chi connectivity index (χ2v) is 5.02. The summed E-state index contributed by atoms with van der Waals surface area (Å²) < 4.78 is 5.17. The second-order valence-electron chi connectivity index (χ2n) is 5.02. The van der Waals surface area contributed by atoms with Crippen molar-refractivity contribution in [1.29, 1.82) is 0 Å². The molecule has 1 amide bonds. The smallest absolute Gasteiger partial charge is 0.336 e. The SMILES string of the molecule is COC(C)(C)CC(=O)Nc1ccc(C)c(C(=O)O)c1. The van der Waals surface area contributed by atoms with E-state index in [9.17, 15) is 9.59 Å². The lowest BCUT2D eigenvalue weighted by Crippen LogP contribution is -2.29. The lowest BCUT2D eigenvalue weighted by molar-refractivity contribution is -0.121. The zero-order valence-electron chi connectivity index (χ0n) is 11.6. The van der Waals surface area contributed by atoms with Crippen molar-refractivity contribution in [3.8, 4) is 0 Å². The van der Waals surface area contributed by atoms with Gasteiger partial charge in [-0.05, 0) is 38.5 Å². The summed E-state index contributed by atoms with van der Waals surface area (Å²) in [5, 5.41) is 11.7. The maximum absolute atomic E-state index is 11.8. The van der Waals surface area contributed by atoms with E-state index in [2.05, 4.69) is 5.32 Å². The number of aromatic carboxylic acids is 1. The lowest BCUT2D eigenvalue weighted by Gasteiger charge is -2.22. The largest absolute Gasteiger partial charge is 0.478 e. The first-order valence-electron chi connectivity index (χ1n) is 5.94. The Labute approximate surface area is 112 Å². The van der Waals surface area contributed by atoms with E-state index >= 15 is 0 Å². The minimum Gasteiger partial charge on any atom is -0.478 e. The van der Waals surface area contributed by atoms with E-state index in [0.29, 0.717) is 11.3 Å². The van der Waals surface area contributed by atoms with Crippen LogP contribution in [0.1, 0.15) is 36.2 Å². The molecule has 0 unspecified atom stereocenters. The third-order valence-corrected chi connectivity index (χ3v) is 2.89. The Kier molecular flexibility index (Phi) is 4.67. The van der Waals surface area contributed by atoms with Crippen LogP contribution in [0.15, 0.2) is 18.2 Å². The van der Waals surface area contributed by atoms with Crippen LogP contribution >= 0.6 is 0 Å². The third-order valence-electron chi connectivity index (χ3n) is 2.89. The van der Waals surface area contributed by atoms with Crippen molar-refractivity contribution in [1.82, 2.24) is 0 Å². The van der Waals surface area contributed by atoms with E-state index in [0.717, 1.165) is 0 Å². The minimum atomic E-state index is -1.01. The average Bonchev–Trinajstić information content (AvgIpc) is 2.30. The monoisotopic (exact) mass is 265 g/mol. The highest BCUT2D eigenvalue weighted by Crippen LogP contribution is 2.18. The molecule has 0 saturated carbocycles. The van der Waals surface area contributed by atoms with E-state index in [4.69, 9.17) is 9.84 Å². The predicted molar refractivity (Wildman–Crippen MR) is 72.5 cm³/mol. The van der Waals surface area contributed by atoms with Crippen LogP contribution in [0.25, 0.3) is 0 Å². The van der Waals surface area contributed by atoms with Crippen LogP contribution in [0, 0.1) is 6.92 Å². The van der Waals surface area contributed by atoms with Gasteiger partial charge in [-0.2, -0.15) is 0 Å². The van der Waals surface area contributed by atoms with Crippen molar-refractivity contribution in [2.24, 2.45) is 0 Å². The molecule has 0 saturated heterocycles. The molecule has 0 spiro atoms. The minimum absolute atomic E-state index is 0.184. The van der Waals surface area contributed by atoms with Crippen molar-refractivity contribution in [2.45, 2.75) is 32.8 Å². The fraction of sp³-hybridized carbons (Fsp3) is 0.429. The van der Waals surface area contributed by atoms with Crippen LogP contribution in [-0.2, 0) is 9.53 Å². The van der Waals surface area contributed by atoms with Crippen molar-refractivity contribution in [2.75, 3.05) is 12.4 Å². The maximum Gasteiger partial charge on any atom is 0.336 e. The Balaban J connectivity index is 2.81.